The molecule has 4 nitrogen and oxygen atoms in total. The van der Waals surface area contributed by atoms with E-state index in [0.29, 0.717) is 23.0 Å². The zero-order chi connectivity index (χ0) is 14.0. The van der Waals surface area contributed by atoms with E-state index in [-0.39, 0.29) is 12.4 Å². The lowest BCUT2D eigenvalue weighted by molar-refractivity contribution is 0.136. The van der Waals surface area contributed by atoms with E-state index in [1.807, 2.05) is 13.8 Å². The van der Waals surface area contributed by atoms with E-state index < -0.39 is 11.6 Å². The molecule has 1 heterocycles. The van der Waals surface area contributed by atoms with Crippen LogP contribution in [0.25, 0.3) is 10.9 Å². The number of rotatable bonds is 5. The van der Waals surface area contributed by atoms with Crippen molar-refractivity contribution in [1.82, 2.24) is 10.3 Å². The van der Waals surface area contributed by atoms with Crippen LogP contribution in [0.4, 0.5) is 4.39 Å². The maximum Gasteiger partial charge on any atom is 0.148 e. The topological polar surface area (TPSA) is 68.3 Å². The van der Waals surface area contributed by atoms with Crippen molar-refractivity contribution in [2.24, 2.45) is 0 Å². The van der Waals surface area contributed by atoms with Gasteiger partial charge in [0.15, 0.2) is 0 Å². The van der Waals surface area contributed by atoms with Crippen molar-refractivity contribution in [3.63, 3.8) is 0 Å². The average Bonchev–Trinajstić information content (AvgIpc) is 2.77. The largest absolute Gasteiger partial charge is 0.394 e. The minimum Gasteiger partial charge on any atom is -0.394 e. The van der Waals surface area contributed by atoms with Crippen LogP contribution < -0.4 is 5.32 Å². The molecule has 1 atom stereocenters. The lowest BCUT2D eigenvalue weighted by atomic mass is 10.0. The Balaban J connectivity index is 2.12. The zero-order valence-corrected chi connectivity index (χ0v) is 11.1. The first-order valence-corrected chi connectivity index (χ1v) is 6.23. The Morgan fingerprint density at radius 3 is 2.84 bits per heavy atom. The maximum atomic E-state index is 13.5. The van der Waals surface area contributed by atoms with Gasteiger partial charge in [0.05, 0.1) is 12.7 Å². The first-order valence-electron chi connectivity index (χ1n) is 6.23. The Labute approximate surface area is 111 Å². The van der Waals surface area contributed by atoms with E-state index in [4.69, 9.17) is 5.11 Å². The standard InChI is InChI=1S/C14H19FN2O2/c1-14(2,8-18)17-7-13(19)9-3-4-12-10(5-9)11(15)6-16-12/h3-6,13,16-19H,7-8H2,1-2H3/t13-/m0/s1. The zero-order valence-electron chi connectivity index (χ0n) is 11.1. The van der Waals surface area contributed by atoms with Crippen LogP contribution in [-0.4, -0.2) is 33.9 Å². The number of halogens is 1. The molecule has 4 N–H and O–H groups in total. The van der Waals surface area contributed by atoms with Crippen molar-refractivity contribution in [2.75, 3.05) is 13.2 Å². The highest BCUT2D eigenvalue weighted by Crippen LogP contribution is 2.22. The molecule has 5 heteroatoms. The number of aliphatic hydroxyl groups excluding tert-OH is 2. The van der Waals surface area contributed by atoms with Crippen molar-refractivity contribution in [3.05, 3.63) is 35.8 Å². The second-order valence-corrected chi connectivity index (χ2v) is 5.38. The van der Waals surface area contributed by atoms with Crippen LogP contribution in [0.1, 0.15) is 25.5 Å². The molecule has 0 amide bonds. The summed E-state index contributed by atoms with van der Waals surface area (Å²) in [4.78, 5) is 2.81. The van der Waals surface area contributed by atoms with E-state index in [9.17, 15) is 9.50 Å². The summed E-state index contributed by atoms with van der Waals surface area (Å²) in [5.74, 6) is -0.326. The van der Waals surface area contributed by atoms with Gasteiger partial charge in [-0.25, -0.2) is 4.39 Å². The third-order valence-electron chi connectivity index (χ3n) is 3.21. The Bertz CT molecular complexity index is 566. The summed E-state index contributed by atoms with van der Waals surface area (Å²) >= 11 is 0. The second-order valence-electron chi connectivity index (χ2n) is 5.38. The highest BCUT2D eigenvalue weighted by molar-refractivity contribution is 5.80. The summed E-state index contributed by atoms with van der Waals surface area (Å²) in [6, 6.07) is 5.14. The van der Waals surface area contributed by atoms with Gasteiger partial charge in [0.2, 0.25) is 0 Å². The average molecular weight is 266 g/mol. The molecule has 0 bridgehead atoms. The number of hydrogen-bond acceptors (Lipinski definition) is 3. The third kappa shape index (κ3) is 3.12. The minimum atomic E-state index is -0.746. The highest BCUT2D eigenvalue weighted by atomic mass is 19.1. The highest BCUT2D eigenvalue weighted by Gasteiger charge is 2.18. The van der Waals surface area contributed by atoms with Gasteiger partial charge in [0.25, 0.3) is 0 Å². The van der Waals surface area contributed by atoms with E-state index in [2.05, 4.69) is 10.3 Å². The number of H-pyrrole nitrogens is 1. The first kappa shape index (κ1) is 14.0. The number of β-amino-alcohol motifs (C(OH)–C–C–N with tert-alkyl or cyclic N) is 1. The van der Waals surface area contributed by atoms with Gasteiger partial charge in [-0.05, 0) is 31.5 Å². The second kappa shape index (κ2) is 5.28. The Kier molecular flexibility index (Phi) is 3.89. The number of nitrogens with one attached hydrogen (secondary N) is 2. The van der Waals surface area contributed by atoms with Crippen molar-refractivity contribution in [2.45, 2.75) is 25.5 Å². The molecule has 2 rings (SSSR count). The van der Waals surface area contributed by atoms with Crippen LogP contribution in [0, 0.1) is 5.82 Å². The molecule has 1 aromatic carbocycles. The van der Waals surface area contributed by atoms with Gasteiger partial charge in [-0.2, -0.15) is 0 Å². The van der Waals surface area contributed by atoms with Crippen molar-refractivity contribution >= 4 is 10.9 Å². The van der Waals surface area contributed by atoms with Gasteiger partial charge < -0.3 is 20.5 Å². The molecule has 0 radical (unpaired) electrons. The number of fused-ring (bicyclic) bond motifs is 1. The molecule has 2 aromatic rings. The van der Waals surface area contributed by atoms with Crippen LogP contribution >= 0.6 is 0 Å². The molecule has 0 spiro atoms. The lowest BCUT2D eigenvalue weighted by Crippen LogP contribution is -2.44. The molecular weight excluding hydrogens is 247 g/mol. The Hall–Kier alpha value is -1.43. The molecule has 1 aromatic heterocycles. The first-order chi connectivity index (χ1) is 8.93. The number of benzene rings is 1. The number of hydrogen-bond donors (Lipinski definition) is 4. The molecule has 0 aliphatic rings. The number of aromatic nitrogens is 1. The van der Waals surface area contributed by atoms with E-state index in [0.717, 1.165) is 0 Å². The van der Waals surface area contributed by atoms with Crippen LogP contribution in [-0.2, 0) is 0 Å². The summed E-state index contributed by atoms with van der Waals surface area (Å²) in [7, 11) is 0. The molecular formula is C14H19FN2O2. The predicted molar refractivity (Wildman–Crippen MR) is 72.4 cm³/mol. The maximum absolute atomic E-state index is 13.5. The van der Waals surface area contributed by atoms with Crippen molar-refractivity contribution < 1.29 is 14.6 Å². The fourth-order valence-corrected chi connectivity index (χ4v) is 1.86. The fraction of sp³-hybridized carbons (Fsp3) is 0.429. The van der Waals surface area contributed by atoms with Crippen LogP contribution in [0.2, 0.25) is 0 Å². The monoisotopic (exact) mass is 266 g/mol. The van der Waals surface area contributed by atoms with Crippen LogP contribution in [0.5, 0.6) is 0 Å². The summed E-state index contributed by atoms with van der Waals surface area (Å²) < 4.78 is 13.5. The molecule has 0 unspecified atom stereocenters. The normalized spacial score (nSPS) is 13.9. The van der Waals surface area contributed by atoms with Crippen molar-refractivity contribution in [1.29, 1.82) is 0 Å². The smallest absolute Gasteiger partial charge is 0.148 e. The van der Waals surface area contributed by atoms with Gasteiger partial charge in [-0.15, -0.1) is 0 Å². The molecule has 0 aliphatic carbocycles. The molecule has 0 aliphatic heterocycles. The van der Waals surface area contributed by atoms with Gasteiger partial charge in [0.1, 0.15) is 5.82 Å². The lowest BCUT2D eigenvalue weighted by Gasteiger charge is -2.25. The fourth-order valence-electron chi connectivity index (χ4n) is 1.86. The Morgan fingerprint density at radius 1 is 1.42 bits per heavy atom. The summed E-state index contributed by atoms with van der Waals surface area (Å²) in [5, 5.41) is 22.8. The van der Waals surface area contributed by atoms with Gasteiger partial charge >= 0.3 is 0 Å². The van der Waals surface area contributed by atoms with E-state index in [1.165, 1.54) is 6.20 Å². The molecule has 0 saturated carbocycles. The molecule has 104 valence electrons. The summed E-state index contributed by atoms with van der Waals surface area (Å²) in [5.41, 5.74) is 0.897. The van der Waals surface area contributed by atoms with E-state index in [1.54, 1.807) is 18.2 Å². The summed E-state index contributed by atoms with van der Waals surface area (Å²) in [6.07, 6.45) is 0.554. The third-order valence-corrected chi connectivity index (χ3v) is 3.21. The van der Waals surface area contributed by atoms with Gasteiger partial charge in [-0.1, -0.05) is 6.07 Å². The molecule has 19 heavy (non-hydrogen) atoms. The number of aromatic amines is 1. The van der Waals surface area contributed by atoms with E-state index >= 15 is 0 Å². The van der Waals surface area contributed by atoms with Crippen LogP contribution in [0.3, 0.4) is 0 Å². The van der Waals surface area contributed by atoms with Crippen LogP contribution in [0.15, 0.2) is 24.4 Å². The molecule has 0 saturated heterocycles. The SMILES string of the molecule is CC(C)(CO)NC[C@H](O)c1ccc2[nH]cc(F)c2c1. The molecule has 0 fully saturated rings. The van der Waals surface area contributed by atoms with Gasteiger partial charge in [0, 0.05) is 29.2 Å². The number of aliphatic hydroxyl groups is 2. The van der Waals surface area contributed by atoms with Gasteiger partial charge in [-0.3, -0.25) is 0 Å². The summed E-state index contributed by atoms with van der Waals surface area (Å²) in [6.45, 7) is 3.96. The minimum absolute atomic E-state index is 0.0226. The quantitative estimate of drug-likeness (QED) is 0.666. The Morgan fingerprint density at radius 2 is 2.16 bits per heavy atom. The van der Waals surface area contributed by atoms with Crippen molar-refractivity contribution in [3.8, 4) is 0 Å². The predicted octanol–water partition coefficient (Wildman–Crippen LogP) is 1.70.